The predicted molar refractivity (Wildman–Crippen MR) is 92.5 cm³/mol. The fraction of sp³-hybridized carbons (Fsp3) is 0.421. The maximum atomic E-state index is 12.1. The van der Waals surface area contributed by atoms with Crippen LogP contribution in [0.1, 0.15) is 25.1 Å². The summed E-state index contributed by atoms with van der Waals surface area (Å²) in [6.45, 7) is 0.756. The molecule has 2 bridgehead atoms. The number of rotatable bonds is 5. The summed E-state index contributed by atoms with van der Waals surface area (Å²) in [7, 11) is 0. The molecule has 5 nitrogen and oxygen atoms in total. The van der Waals surface area contributed by atoms with Gasteiger partial charge < -0.3 is 10.3 Å². The van der Waals surface area contributed by atoms with Crippen LogP contribution in [0.15, 0.2) is 41.2 Å². The minimum absolute atomic E-state index is 0.0255. The van der Waals surface area contributed by atoms with Crippen molar-refractivity contribution in [2.45, 2.75) is 25.7 Å². The van der Waals surface area contributed by atoms with Crippen molar-refractivity contribution in [2.75, 3.05) is 6.54 Å². The molecule has 3 unspecified atom stereocenters. The van der Waals surface area contributed by atoms with E-state index in [2.05, 4.69) is 27.4 Å². The summed E-state index contributed by atoms with van der Waals surface area (Å²) >= 11 is 0. The Labute approximate surface area is 140 Å². The Kier molecular flexibility index (Phi) is 3.92. The van der Waals surface area contributed by atoms with E-state index < -0.39 is 0 Å². The quantitative estimate of drug-likeness (QED) is 0.828. The Balaban J connectivity index is 1.32. The van der Waals surface area contributed by atoms with Gasteiger partial charge >= 0.3 is 0 Å². The van der Waals surface area contributed by atoms with Gasteiger partial charge in [-0.25, -0.2) is 4.98 Å². The number of nitrogens with one attached hydrogen (secondary N) is 2. The van der Waals surface area contributed by atoms with Crippen LogP contribution < -0.4 is 10.9 Å². The number of aryl methyl sites for hydroxylation is 1. The van der Waals surface area contributed by atoms with Gasteiger partial charge in [-0.05, 0) is 42.7 Å². The summed E-state index contributed by atoms with van der Waals surface area (Å²) in [6.07, 6.45) is 7.85. The number of aromatic nitrogens is 2. The van der Waals surface area contributed by atoms with Gasteiger partial charge in [0, 0.05) is 19.4 Å². The molecular weight excluding hydrogens is 302 g/mol. The molecule has 1 saturated carbocycles. The highest BCUT2D eigenvalue weighted by Gasteiger charge is 2.35. The van der Waals surface area contributed by atoms with E-state index in [0.717, 1.165) is 12.5 Å². The fourth-order valence-electron chi connectivity index (χ4n) is 3.95. The number of fused-ring (bicyclic) bond motifs is 3. The first kappa shape index (κ1) is 15.1. The standard InChI is InChI=1S/C19H21N3O2/c23-18(20-11-14-10-12-5-6-13(14)9-12)8-7-17-21-16-4-2-1-3-15(16)19(24)22-17/h1-6,12-14H,7-11H2,(H,20,23)(H,21,22,24). The number of hydrogen-bond acceptors (Lipinski definition) is 3. The highest BCUT2D eigenvalue weighted by atomic mass is 16.1. The number of amides is 1. The van der Waals surface area contributed by atoms with Crippen LogP contribution in [-0.2, 0) is 11.2 Å². The molecule has 4 rings (SSSR count). The zero-order chi connectivity index (χ0) is 16.5. The fourth-order valence-corrected chi connectivity index (χ4v) is 3.95. The Hall–Kier alpha value is -2.43. The van der Waals surface area contributed by atoms with Crippen LogP contribution in [0, 0.1) is 17.8 Å². The normalized spacial score (nSPS) is 24.6. The first-order valence-corrected chi connectivity index (χ1v) is 8.62. The average Bonchev–Trinajstić information content (AvgIpc) is 3.21. The Bertz CT molecular complexity index is 855. The smallest absolute Gasteiger partial charge is 0.258 e. The van der Waals surface area contributed by atoms with Gasteiger partial charge in [-0.3, -0.25) is 9.59 Å². The second kappa shape index (κ2) is 6.23. The number of aromatic amines is 1. The van der Waals surface area contributed by atoms with Crippen molar-refractivity contribution in [1.82, 2.24) is 15.3 Å². The highest BCUT2D eigenvalue weighted by Crippen LogP contribution is 2.42. The molecular formula is C19H21N3O2. The molecule has 0 saturated heterocycles. The Morgan fingerprint density at radius 3 is 2.92 bits per heavy atom. The minimum atomic E-state index is -0.148. The molecule has 3 atom stereocenters. The van der Waals surface area contributed by atoms with Gasteiger partial charge in [-0.15, -0.1) is 0 Å². The van der Waals surface area contributed by atoms with Crippen LogP contribution in [0.4, 0.5) is 0 Å². The van der Waals surface area contributed by atoms with Crippen LogP contribution in [0.5, 0.6) is 0 Å². The summed E-state index contributed by atoms with van der Waals surface area (Å²) in [5.41, 5.74) is 0.523. The lowest BCUT2D eigenvalue weighted by Crippen LogP contribution is -2.31. The van der Waals surface area contributed by atoms with E-state index in [4.69, 9.17) is 0 Å². The van der Waals surface area contributed by atoms with Gasteiger partial charge in [-0.1, -0.05) is 24.3 Å². The van der Waals surface area contributed by atoms with Crippen LogP contribution in [0.25, 0.3) is 10.9 Å². The molecule has 0 spiro atoms. The van der Waals surface area contributed by atoms with E-state index in [9.17, 15) is 9.59 Å². The third kappa shape index (κ3) is 2.98. The lowest BCUT2D eigenvalue weighted by Gasteiger charge is -2.18. The van der Waals surface area contributed by atoms with E-state index in [1.54, 1.807) is 6.07 Å². The Morgan fingerprint density at radius 1 is 1.25 bits per heavy atom. The largest absolute Gasteiger partial charge is 0.356 e. The Morgan fingerprint density at radius 2 is 2.12 bits per heavy atom. The summed E-state index contributed by atoms with van der Waals surface area (Å²) < 4.78 is 0. The van der Waals surface area contributed by atoms with E-state index in [-0.39, 0.29) is 11.5 Å². The molecule has 5 heteroatoms. The maximum absolute atomic E-state index is 12.1. The topological polar surface area (TPSA) is 74.8 Å². The molecule has 24 heavy (non-hydrogen) atoms. The van der Waals surface area contributed by atoms with Gasteiger partial charge in [0.15, 0.2) is 0 Å². The lowest BCUT2D eigenvalue weighted by atomic mass is 9.93. The first-order chi connectivity index (χ1) is 11.7. The highest BCUT2D eigenvalue weighted by molar-refractivity contribution is 5.78. The van der Waals surface area contributed by atoms with Gasteiger partial charge in [0.1, 0.15) is 5.82 Å². The van der Waals surface area contributed by atoms with Crippen molar-refractivity contribution in [1.29, 1.82) is 0 Å². The molecule has 0 radical (unpaired) electrons. The number of benzene rings is 1. The molecule has 0 aliphatic heterocycles. The van der Waals surface area contributed by atoms with Gasteiger partial charge in [-0.2, -0.15) is 0 Å². The van der Waals surface area contributed by atoms with Crippen LogP contribution in [0.2, 0.25) is 0 Å². The van der Waals surface area contributed by atoms with E-state index in [1.165, 1.54) is 12.8 Å². The number of nitrogens with zero attached hydrogens (tertiary/aromatic N) is 1. The van der Waals surface area contributed by atoms with Crippen LogP contribution in [-0.4, -0.2) is 22.4 Å². The van der Waals surface area contributed by atoms with Gasteiger partial charge in [0.2, 0.25) is 5.91 Å². The van der Waals surface area contributed by atoms with Crippen molar-refractivity contribution in [3.05, 3.63) is 52.6 Å². The van der Waals surface area contributed by atoms with Crippen molar-refractivity contribution in [3.63, 3.8) is 0 Å². The second-order valence-electron chi connectivity index (χ2n) is 6.87. The molecule has 2 aliphatic rings. The molecule has 1 aromatic carbocycles. The summed E-state index contributed by atoms with van der Waals surface area (Å²) in [5, 5.41) is 3.62. The zero-order valence-corrected chi connectivity index (χ0v) is 13.5. The predicted octanol–water partition coefficient (Wildman–Crippen LogP) is 2.18. The number of para-hydroxylation sites is 1. The van der Waals surface area contributed by atoms with Crippen LogP contribution >= 0.6 is 0 Å². The monoisotopic (exact) mass is 323 g/mol. The summed E-state index contributed by atoms with van der Waals surface area (Å²) in [5.74, 6) is 2.55. The number of carbonyl (C=O) groups is 1. The van der Waals surface area contributed by atoms with Gasteiger partial charge in [0.25, 0.3) is 5.56 Å². The lowest BCUT2D eigenvalue weighted by molar-refractivity contribution is -0.121. The molecule has 1 aromatic heterocycles. The molecule has 2 aromatic rings. The number of hydrogen-bond donors (Lipinski definition) is 2. The summed E-state index contributed by atoms with van der Waals surface area (Å²) in [6, 6.07) is 7.24. The SMILES string of the molecule is O=C(CCc1nc2ccccc2c(=O)[nH]1)NCC1CC2C=CC1C2. The van der Waals surface area contributed by atoms with Crippen molar-refractivity contribution < 1.29 is 4.79 Å². The van der Waals surface area contributed by atoms with Crippen molar-refractivity contribution in [2.24, 2.45) is 17.8 Å². The molecule has 124 valence electrons. The van der Waals surface area contributed by atoms with Crippen LogP contribution in [0.3, 0.4) is 0 Å². The van der Waals surface area contributed by atoms with Gasteiger partial charge in [0.05, 0.1) is 10.9 Å². The third-order valence-electron chi connectivity index (χ3n) is 5.23. The molecule has 2 aliphatic carbocycles. The zero-order valence-electron chi connectivity index (χ0n) is 13.5. The molecule has 1 amide bonds. The molecule has 1 heterocycles. The van der Waals surface area contributed by atoms with Crippen molar-refractivity contribution >= 4 is 16.8 Å². The number of H-pyrrole nitrogens is 1. The maximum Gasteiger partial charge on any atom is 0.258 e. The second-order valence-corrected chi connectivity index (χ2v) is 6.87. The van der Waals surface area contributed by atoms with E-state index in [0.29, 0.717) is 41.4 Å². The summed E-state index contributed by atoms with van der Waals surface area (Å²) in [4.78, 5) is 31.3. The van der Waals surface area contributed by atoms with Crippen molar-refractivity contribution in [3.8, 4) is 0 Å². The number of carbonyl (C=O) groups excluding carboxylic acids is 1. The molecule has 1 fully saturated rings. The number of allylic oxidation sites excluding steroid dienone is 2. The molecule has 2 N–H and O–H groups in total. The van der Waals surface area contributed by atoms with E-state index in [1.807, 2.05) is 18.2 Å². The first-order valence-electron chi connectivity index (χ1n) is 8.62. The van der Waals surface area contributed by atoms with E-state index >= 15 is 0 Å². The minimum Gasteiger partial charge on any atom is -0.356 e. The third-order valence-corrected chi connectivity index (χ3v) is 5.23. The average molecular weight is 323 g/mol.